The van der Waals surface area contributed by atoms with E-state index in [1.165, 1.54) is 12.1 Å². The number of nitrogens with one attached hydrogen (secondary N) is 1. The van der Waals surface area contributed by atoms with Gasteiger partial charge in [0.25, 0.3) is 0 Å². The maximum atomic E-state index is 11.9. The van der Waals surface area contributed by atoms with Crippen molar-refractivity contribution in [3.05, 3.63) is 30.3 Å². The van der Waals surface area contributed by atoms with E-state index in [9.17, 15) is 13.2 Å². The highest BCUT2D eigenvalue weighted by atomic mass is 32.2. The summed E-state index contributed by atoms with van der Waals surface area (Å²) in [5.74, 6) is 0.333. The SMILES string of the molecule is CC(C)CN(C)C(=O)CCNS(=O)(=O)c1ccccc1. The van der Waals surface area contributed by atoms with Gasteiger partial charge >= 0.3 is 0 Å². The molecule has 0 spiro atoms. The summed E-state index contributed by atoms with van der Waals surface area (Å²) < 4.78 is 26.3. The first-order valence-corrected chi connectivity index (χ1v) is 8.10. The average Bonchev–Trinajstić information content (AvgIpc) is 2.38. The van der Waals surface area contributed by atoms with Gasteiger partial charge in [0.1, 0.15) is 0 Å². The number of hydrogen-bond acceptors (Lipinski definition) is 3. The highest BCUT2D eigenvalue weighted by molar-refractivity contribution is 7.89. The summed E-state index contributed by atoms with van der Waals surface area (Å²) in [5, 5.41) is 0. The molecular formula is C14H22N2O3S. The Hall–Kier alpha value is -1.40. The average molecular weight is 298 g/mol. The Bertz CT molecular complexity index is 527. The minimum Gasteiger partial charge on any atom is -0.345 e. The number of hydrogen-bond donors (Lipinski definition) is 1. The second kappa shape index (κ2) is 7.40. The normalized spacial score (nSPS) is 11.6. The van der Waals surface area contributed by atoms with Gasteiger partial charge in [0.05, 0.1) is 4.90 Å². The van der Waals surface area contributed by atoms with Gasteiger partial charge in [-0.25, -0.2) is 13.1 Å². The molecule has 0 fully saturated rings. The van der Waals surface area contributed by atoms with E-state index < -0.39 is 10.0 Å². The molecule has 20 heavy (non-hydrogen) atoms. The fourth-order valence-electron chi connectivity index (χ4n) is 1.82. The Labute approximate surface area is 121 Å². The van der Waals surface area contributed by atoms with Gasteiger partial charge < -0.3 is 4.90 Å². The van der Waals surface area contributed by atoms with Crippen molar-refractivity contribution in [3.8, 4) is 0 Å². The lowest BCUT2D eigenvalue weighted by Gasteiger charge is -2.19. The summed E-state index contributed by atoms with van der Waals surface area (Å²) in [5.41, 5.74) is 0. The molecule has 1 aromatic rings. The summed E-state index contributed by atoms with van der Waals surface area (Å²) >= 11 is 0. The maximum absolute atomic E-state index is 11.9. The van der Waals surface area contributed by atoms with Crippen LogP contribution >= 0.6 is 0 Å². The van der Waals surface area contributed by atoms with E-state index in [0.717, 1.165) is 0 Å². The molecule has 1 N–H and O–H groups in total. The number of amides is 1. The molecule has 112 valence electrons. The first-order valence-electron chi connectivity index (χ1n) is 6.61. The van der Waals surface area contributed by atoms with Gasteiger partial charge in [-0.15, -0.1) is 0 Å². The van der Waals surface area contributed by atoms with Crippen LogP contribution in [-0.4, -0.2) is 39.4 Å². The Morgan fingerprint density at radius 2 is 1.85 bits per heavy atom. The molecule has 1 aromatic carbocycles. The summed E-state index contributed by atoms with van der Waals surface area (Å²) in [6, 6.07) is 8.12. The number of carbonyl (C=O) groups excluding carboxylic acids is 1. The van der Waals surface area contributed by atoms with Gasteiger partial charge in [-0.2, -0.15) is 0 Å². The molecule has 0 radical (unpaired) electrons. The van der Waals surface area contributed by atoms with E-state index >= 15 is 0 Å². The van der Waals surface area contributed by atoms with Crippen LogP contribution in [0.1, 0.15) is 20.3 Å². The van der Waals surface area contributed by atoms with Crippen molar-refractivity contribution in [3.63, 3.8) is 0 Å². The Kier molecular flexibility index (Phi) is 6.16. The fourth-order valence-corrected chi connectivity index (χ4v) is 2.87. The first-order chi connectivity index (χ1) is 9.33. The van der Waals surface area contributed by atoms with Crippen LogP contribution in [0.5, 0.6) is 0 Å². The van der Waals surface area contributed by atoms with Crippen LogP contribution in [0, 0.1) is 5.92 Å². The second-order valence-corrected chi connectivity index (χ2v) is 6.90. The van der Waals surface area contributed by atoms with Crippen LogP contribution in [-0.2, 0) is 14.8 Å². The van der Waals surface area contributed by atoms with Crippen LogP contribution in [0.3, 0.4) is 0 Å². The van der Waals surface area contributed by atoms with Gasteiger partial charge in [-0.1, -0.05) is 32.0 Å². The third-order valence-corrected chi connectivity index (χ3v) is 4.23. The third kappa shape index (κ3) is 5.30. The molecule has 6 heteroatoms. The zero-order valence-corrected chi connectivity index (χ0v) is 13.0. The zero-order valence-electron chi connectivity index (χ0n) is 12.2. The summed E-state index contributed by atoms with van der Waals surface area (Å²) in [6.07, 6.45) is 0.162. The van der Waals surface area contributed by atoms with Crippen molar-refractivity contribution in [2.45, 2.75) is 25.2 Å². The van der Waals surface area contributed by atoms with Crippen molar-refractivity contribution in [2.75, 3.05) is 20.1 Å². The van der Waals surface area contributed by atoms with Crippen LogP contribution in [0.25, 0.3) is 0 Å². The van der Waals surface area contributed by atoms with E-state index in [-0.39, 0.29) is 23.8 Å². The van der Waals surface area contributed by atoms with Crippen LogP contribution < -0.4 is 4.72 Å². The maximum Gasteiger partial charge on any atom is 0.240 e. The van der Waals surface area contributed by atoms with E-state index in [1.807, 2.05) is 13.8 Å². The number of rotatable bonds is 7. The van der Waals surface area contributed by atoms with Crippen LogP contribution in [0.2, 0.25) is 0 Å². The lowest BCUT2D eigenvalue weighted by Crippen LogP contribution is -2.34. The topological polar surface area (TPSA) is 66.5 Å². The summed E-state index contributed by atoms with van der Waals surface area (Å²) in [4.78, 5) is 13.6. The molecule has 0 aromatic heterocycles. The molecule has 5 nitrogen and oxygen atoms in total. The molecule has 1 amide bonds. The zero-order chi connectivity index (χ0) is 15.2. The minimum atomic E-state index is -3.53. The van der Waals surface area contributed by atoms with Gasteiger partial charge in [-0.05, 0) is 18.1 Å². The van der Waals surface area contributed by atoms with Crippen molar-refractivity contribution in [1.82, 2.24) is 9.62 Å². The monoisotopic (exact) mass is 298 g/mol. The molecular weight excluding hydrogens is 276 g/mol. The van der Waals surface area contributed by atoms with Gasteiger partial charge in [0.2, 0.25) is 15.9 Å². The van der Waals surface area contributed by atoms with Gasteiger partial charge in [0.15, 0.2) is 0 Å². The molecule has 0 saturated heterocycles. The molecule has 0 heterocycles. The summed E-state index contributed by atoms with van der Waals surface area (Å²) in [7, 11) is -1.80. The molecule has 0 saturated carbocycles. The second-order valence-electron chi connectivity index (χ2n) is 5.13. The molecule has 0 aliphatic rings. The smallest absolute Gasteiger partial charge is 0.240 e. The number of carbonyl (C=O) groups is 1. The Morgan fingerprint density at radius 3 is 2.40 bits per heavy atom. The lowest BCUT2D eigenvalue weighted by molar-refractivity contribution is -0.130. The van der Waals surface area contributed by atoms with Crippen molar-refractivity contribution < 1.29 is 13.2 Å². The number of benzene rings is 1. The summed E-state index contributed by atoms with van der Waals surface area (Å²) in [6.45, 7) is 4.84. The molecule has 0 aliphatic heterocycles. The lowest BCUT2D eigenvalue weighted by atomic mass is 10.2. The number of nitrogens with zero attached hydrogens (tertiary/aromatic N) is 1. The van der Waals surface area contributed by atoms with E-state index in [1.54, 1.807) is 30.1 Å². The number of sulfonamides is 1. The first kappa shape index (κ1) is 16.7. The van der Waals surface area contributed by atoms with Gasteiger partial charge in [-0.3, -0.25) is 4.79 Å². The van der Waals surface area contributed by atoms with E-state index in [0.29, 0.717) is 12.5 Å². The molecule has 0 atom stereocenters. The predicted molar refractivity (Wildman–Crippen MR) is 78.7 cm³/mol. The standard InChI is InChI=1S/C14H22N2O3S/c1-12(2)11-16(3)14(17)9-10-15-20(18,19)13-7-5-4-6-8-13/h4-8,12,15H,9-11H2,1-3H3. The van der Waals surface area contributed by atoms with Gasteiger partial charge in [0, 0.05) is 26.6 Å². The Balaban J connectivity index is 2.46. The van der Waals surface area contributed by atoms with E-state index in [4.69, 9.17) is 0 Å². The van der Waals surface area contributed by atoms with Crippen molar-refractivity contribution in [2.24, 2.45) is 5.92 Å². The molecule has 1 rings (SSSR count). The fraction of sp³-hybridized carbons (Fsp3) is 0.500. The van der Waals surface area contributed by atoms with Crippen LogP contribution in [0.4, 0.5) is 0 Å². The highest BCUT2D eigenvalue weighted by Crippen LogP contribution is 2.07. The Morgan fingerprint density at radius 1 is 1.25 bits per heavy atom. The quantitative estimate of drug-likeness (QED) is 0.829. The van der Waals surface area contributed by atoms with Crippen molar-refractivity contribution >= 4 is 15.9 Å². The van der Waals surface area contributed by atoms with E-state index in [2.05, 4.69) is 4.72 Å². The van der Waals surface area contributed by atoms with Crippen LogP contribution in [0.15, 0.2) is 35.2 Å². The molecule has 0 aliphatic carbocycles. The molecule has 0 bridgehead atoms. The van der Waals surface area contributed by atoms with Crippen molar-refractivity contribution in [1.29, 1.82) is 0 Å². The minimum absolute atomic E-state index is 0.0607. The highest BCUT2D eigenvalue weighted by Gasteiger charge is 2.15. The predicted octanol–water partition coefficient (Wildman–Crippen LogP) is 1.47. The molecule has 0 unspecified atom stereocenters. The third-order valence-electron chi connectivity index (χ3n) is 2.75. The largest absolute Gasteiger partial charge is 0.345 e.